The van der Waals surface area contributed by atoms with Crippen LogP contribution in [0.3, 0.4) is 0 Å². The van der Waals surface area contributed by atoms with Crippen molar-refractivity contribution in [3.63, 3.8) is 0 Å². The molecule has 2 N–H and O–H groups in total. The lowest BCUT2D eigenvalue weighted by atomic mass is 10.2. The number of hydrogen-bond donors (Lipinski definition) is 1. The van der Waals surface area contributed by atoms with Crippen molar-refractivity contribution >= 4 is 0 Å². The van der Waals surface area contributed by atoms with Gasteiger partial charge in [0.1, 0.15) is 11.5 Å². The third kappa shape index (κ3) is 5.37. The van der Waals surface area contributed by atoms with E-state index in [0.717, 1.165) is 31.2 Å². The lowest BCUT2D eigenvalue weighted by molar-refractivity contribution is 0.234. The van der Waals surface area contributed by atoms with Gasteiger partial charge in [0.15, 0.2) is 0 Å². The Morgan fingerprint density at radius 3 is 2.12 bits per heavy atom. The smallest absolute Gasteiger partial charge is 0.118 e. The van der Waals surface area contributed by atoms with Crippen LogP contribution in [-0.4, -0.2) is 18.0 Å². The predicted octanol–water partition coefficient (Wildman–Crippen LogP) is 3.14. The van der Waals surface area contributed by atoms with E-state index in [1.54, 1.807) is 0 Å². The summed E-state index contributed by atoms with van der Waals surface area (Å²) in [6.45, 7) is 8.20. The summed E-state index contributed by atoms with van der Waals surface area (Å²) in [6.07, 6.45) is 5.01. The zero-order chi connectivity index (χ0) is 12.5. The fourth-order valence-electron chi connectivity index (χ4n) is 1.87. The number of nitrogens with two attached hydrogens (primary N) is 1. The van der Waals surface area contributed by atoms with Gasteiger partial charge in [-0.25, -0.2) is 0 Å². The summed E-state index contributed by atoms with van der Waals surface area (Å²) in [5.41, 5.74) is 5.55. The van der Waals surface area contributed by atoms with Crippen LogP contribution < -0.4 is 5.73 Å². The molecule has 1 heterocycles. The van der Waals surface area contributed by atoms with Crippen LogP contribution in [0.25, 0.3) is 0 Å². The van der Waals surface area contributed by atoms with Crippen LogP contribution in [0.1, 0.15) is 51.1 Å². The Labute approximate surface area is 105 Å². The van der Waals surface area contributed by atoms with Crippen molar-refractivity contribution in [2.75, 3.05) is 13.1 Å². The molecule has 1 aromatic rings. The molecule has 0 aliphatic rings. The second-order valence-corrected chi connectivity index (χ2v) is 4.56. The first-order valence-electron chi connectivity index (χ1n) is 6.80. The SMILES string of the molecule is CCCCN(CCCC)Cc1ccc(CN)o1. The average Bonchev–Trinajstić information content (AvgIpc) is 2.80. The Morgan fingerprint density at radius 2 is 1.65 bits per heavy atom. The van der Waals surface area contributed by atoms with Crippen molar-refractivity contribution < 1.29 is 4.42 Å². The molecular weight excluding hydrogens is 212 g/mol. The van der Waals surface area contributed by atoms with Crippen LogP contribution in [-0.2, 0) is 13.1 Å². The highest BCUT2D eigenvalue weighted by Crippen LogP contribution is 2.11. The van der Waals surface area contributed by atoms with Crippen molar-refractivity contribution in [1.29, 1.82) is 0 Å². The Balaban J connectivity index is 2.45. The van der Waals surface area contributed by atoms with Crippen LogP contribution >= 0.6 is 0 Å². The summed E-state index contributed by atoms with van der Waals surface area (Å²) < 4.78 is 5.66. The van der Waals surface area contributed by atoms with Gasteiger partial charge in [0.2, 0.25) is 0 Å². The van der Waals surface area contributed by atoms with Gasteiger partial charge in [-0.05, 0) is 38.1 Å². The Kier molecular flexibility index (Phi) is 6.97. The molecule has 98 valence electrons. The van der Waals surface area contributed by atoms with Crippen molar-refractivity contribution in [1.82, 2.24) is 4.90 Å². The van der Waals surface area contributed by atoms with E-state index in [1.807, 2.05) is 12.1 Å². The third-order valence-electron chi connectivity index (χ3n) is 2.95. The van der Waals surface area contributed by atoms with Gasteiger partial charge >= 0.3 is 0 Å². The quantitative estimate of drug-likeness (QED) is 0.718. The molecule has 17 heavy (non-hydrogen) atoms. The molecule has 0 bridgehead atoms. The minimum atomic E-state index is 0.490. The Hall–Kier alpha value is -0.800. The molecule has 1 rings (SSSR count). The molecular formula is C14H26N2O. The predicted molar refractivity (Wildman–Crippen MR) is 71.7 cm³/mol. The highest BCUT2D eigenvalue weighted by atomic mass is 16.3. The highest BCUT2D eigenvalue weighted by molar-refractivity contribution is 5.06. The summed E-state index contributed by atoms with van der Waals surface area (Å²) >= 11 is 0. The fourth-order valence-corrected chi connectivity index (χ4v) is 1.87. The summed E-state index contributed by atoms with van der Waals surface area (Å²) in [5.74, 6) is 1.92. The number of furan rings is 1. The molecule has 0 spiro atoms. The number of hydrogen-bond acceptors (Lipinski definition) is 3. The van der Waals surface area contributed by atoms with Gasteiger partial charge in [0.05, 0.1) is 13.1 Å². The largest absolute Gasteiger partial charge is 0.463 e. The molecule has 0 amide bonds. The van der Waals surface area contributed by atoms with E-state index in [-0.39, 0.29) is 0 Å². The van der Waals surface area contributed by atoms with Gasteiger partial charge in [0.25, 0.3) is 0 Å². The van der Waals surface area contributed by atoms with E-state index >= 15 is 0 Å². The molecule has 0 aliphatic carbocycles. The van der Waals surface area contributed by atoms with E-state index in [2.05, 4.69) is 18.7 Å². The van der Waals surface area contributed by atoms with Crippen LogP contribution in [0, 0.1) is 0 Å². The van der Waals surface area contributed by atoms with Gasteiger partial charge in [-0.15, -0.1) is 0 Å². The maximum atomic E-state index is 5.66. The maximum absolute atomic E-state index is 5.66. The summed E-state index contributed by atoms with van der Waals surface area (Å²) in [6, 6.07) is 4.03. The second kappa shape index (κ2) is 8.31. The van der Waals surface area contributed by atoms with Gasteiger partial charge in [0, 0.05) is 0 Å². The van der Waals surface area contributed by atoms with E-state index < -0.39 is 0 Å². The fraction of sp³-hybridized carbons (Fsp3) is 0.714. The van der Waals surface area contributed by atoms with Gasteiger partial charge in [-0.3, -0.25) is 4.90 Å². The monoisotopic (exact) mass is 238 g/mol. The van der Waals surface area contributed by atoms with Crippen molar-refractivity contribution in [3.05, 3.63) is 23.7 Å². The average molecular weight is 238 g/mol. The maximum Gasteiger partial charge on any atom is 0.118 e. The summed E-state index contributed by atoms with van der Waals surface area (Å²) in [5, 5.41) is 0. The molecule has 0 unspecified atom stereocenters. The third-order valence-corrected chi connectivity index (χ3v) is 2.95. The molecule has 0 saturated heterocycles. The number of rotatable bonds is 9. The zero-order valence-electron chi connectivity index (χ0n) is 11.2. The molecule has 0 fully saturated rings. The summed E-state index contributed by atoms with van der Waals surface area (Å²) in [7, 11) is 0. The van der Waals surface area contributed by atoms with Crippen LogP contribution in [0.4, 0.5) is 0 Å². The molecule has 0 aliphatic heterocycles. The van der Waals surface area contributed by atoms with Crippen LogP contribution in [0.2, 0.25) is 0 Å². The minimum absolute atomic E-state index is 0.490. The standard InChI is InChI=1S/C14H26N2O/c1-3-5-9-16(10-6-4-2)12-14-8-7-13(11-15)17-14/h7-8H,3-6,9-12,15H2,1-2H3. The van der Waals surface area contributed by atoms with E-state index in [1.165, 1.54) is 25.7 Å². The molecule has 3 nitrogen and oxygen atoms in total. The van der Waals surface area contributed by atoms with E-state index in [4.69, 9.17) is 10.2 Å². The van der Waals surface area contributed by atoms with Crippen molar-refractivity contribution in [3.8, 4) is 0 Å². The molecule has 0 saturated carbocycles. The minimum Gasteiger partial charge on any atom is -0.463 e. The molecule has 0 aromatic carbocycles. The first-order valence-corrected chi connectivity index (χ1v) is 6.80. The molecule has 1 aromatic heterocycles. The van der Waals surface area contributed by atoms with Gasteiger partial charge < -0.3 is 10.2 Å². The van der Waals surface area contributed by atoms with Crippen molar-refractivity contribution in [2.24, 2.45) is 5.73 Å². The normalized spacial score (nSPS) is 11.3. The van der Waals surface area contributed by atoms with Crippen LogP contribution in [0.5, 0.6) is 0 Å². The number of unbranched alkanes of at least 4 members (excludes halogenated alkanes) is 2. The lowest BCUT2D eigenvalue weighted by Crippen LogP contribution is -2.25. The highest BCUT2D eigenvalue weighted by Gasteiger charge is 2.08. The van der Waals surface area contributed by atoms with Crippen LogP contribution in [0.15, 0.2) is 16.5 Å². The first-order chi connectivity index (χ1) is 8.30. The zero-order valence-corrected chi connectivity index (χ0v) is 11.2. The molecule has 0 radical (unpaired) electrons. The summed E-state index contributed by atoms with van der Waals surface area (Å²) in [4.78, 5) is 2.48. The topological polar surface area (TPSA) is 42.4 Å². The lowest BCUT2D eigenvalue weighted by Gasteiger charge is -2.20. The Morgan fingerprint density at radius 1 is 1.06 bits per heavy atom. The molecule has 0 atom stereocenters. The Bertz CT molecular complexity index is 288. The number of nitrogens with zero attached hydrogens (tertiary/aromatic N) is 1. The van der Waals surface area contributed by atoms with Gasteiger partial charge in [-0.2, -0.15) is 0 Å². The van der Waals surface area contributed by atoms with E-state index in [0.29, 0.717) is 6.54 Å². The second-order valence-electron chi connectivity index (χ2n) is 4.56. The van der Waals surface area contributed by atoms with Gasteiger partial charge in [-0.1, -0.05) is 26.7 Å². The van der Waals surface area contributed by atoms with Crippen molar-refractivity contribution in [2.45, 2.75) is 52.6 Å². The molecule has 3 heteroatoms. The van der Waals surface area contributed by atoms with E-state index in [9.17, 15) is 0 Å². The first kappa shape index (κ1) is 14.3.